The van der Waals surface area contributed by atoms with Crippen LogP contribution >= 0.6 is 0 Å². The Kier molecular flexibility index (Phi) is 3.20. The molecule has 2 atom stereocenters. The Bertz CT molecular complexity index is 686. The molecule has 2 aromatic rings. The minimum atomic E-state index is -0.737. The highest BCUT2D eigenvalue weighted by molar-refractivity contribution is 5.74. The Morgan fingerprint density at radius 2 is 2.18 bits per heavy atom. The summed E-state index contributed by atoms with van der Waals surface area (Å²) in [7, 11) is 0. The van der Waals surface area contributed by atoms with Gasteiger partial charge in [0.15, 0.2) is 0 Å². The predicted octanol–water partition coefficient (Wildman–Crippen LogP) is 1.83. The van der Waals surface area contributed by atoms with Gasteiger partial charge < -0.3 is 5.11 Å². The number of nitrogens with zero attached hydrogens (tertiary/aromatic N) is 5. The second-order valence-corrected chi connectivity index (χ2v) is 6.33. The maximum Gasteiger partial charge on any atom is 0.307 e. The fourth-order valence-corrected chi connectivity index (χ4v) is 3.47. The molecule has 0 saturated heterocycles. The number of carboxylic acids is 1. The molecule has 4 rings (SSSR count). The molecule has 2 heterocycles. The molecular formula is C15H19N5O2. The summed E-state index contributed by atoms with van der Waals surface area (Å²) in [6, 6.07) is 2.53. The van der Waals surface area contributed by atoms with E-state index in [4.69, 9.17) is 5.11 Å². The van der Waals surface area contributed by atoms with Crippen molar-refractivity contribution in [1.82, 2.24) is 24.8 Å². The minimum absolute atomic E-state index is 0.0333. The second-order valence-electron chi connectivity index (χ2n) is 6.33. The van der Waals surface area contributed by atoms with Crippen LogP contribution in [0.5, 0.6) is 0 Å². The van der Waals surface area contributed by atoms with Crippen molar-refractivity contribution in [3.63, 3.8) is 0 Å². The molecule has 0 radical (unpaired) electrons. The van der Waals surface area contributed by atoms with Gasteiger partial charge in [0.05, 0.1) is 29.9 Å². The molecule has 22 heavy (non-hydrogen) atoms. The molecule has 1 N–H and O–H groups in total. The lowest BCUT2D eigenvalue weighted by Gasteiger charge is -2.13. The van der Waals surface area contributed by atoms with E-state index in [-0.39, 0.29) is 11.8 Å². The molecule has 0 bridgehead atoms. The lowest BCUT2D eigenvalue weighted by Crippen LogP contribution is -2.13. The zero-order valence-electron chi connectivity index (χ0n) is 12.3. The van der Waals surface area contributed by atoms with Crippen LogP contribution in [-0.4, -0.2) is 35.9 Å². The van der Waals surface area contributed by atoms with Gasteiger partial charge in [0.25, 0.3) is 0 Å². The highest BCUT2D eigenvalue weighted by Crippen LogP contribution is 2.46. The van der Waals surface area contributed by atoms with Gasteiger partial charge in [-0.1, -0.05) is 18.1 Å². The summed E-state index contributed by atoms with van der Waals surface area (Å²) in [5.41, 5.74) is 1.92. The molecule has 2 aliphatic carbocycles. The van der Waals surface area contributed by atoms with Crippen LogP contribution in [0, 0.1) is 5.92 Å². The number of hydrogen-bond acceptors (Lipinski definition) is 4. The van der Waals surface area contributed by atoms with Crippen molar-refractivity contribution in [2.75, 3.05) is 0 Å². The number of rotatable bonds is 5. The summed E-state index contributed by atoms with van der Waals surface area (Å²) in [5.74, 6) is -0.987. The Labute approximate surface area is 127 Å². The van der Waals surface area contributed by atoms with Crippen molar-refractivity contribution in [2.45, 2.75) is 50.6 Å². The molecule has 2 fully saturated rings. The summed E-state index contributed by atoms with van der Waals surface area (Å²) in [6.07, 6.45) is 9.32. The molecule has 7 nitrogen and oxygen atoms in total. The molecule has 0 spiro atoms. The van der Waals surface area contributed by atoms with Crippen LogP contribution in [0.2, 0.25) is 0 Å². The van der Waals surface area contributed by atoms with Gasteiger partial charge in [-0.15, -0.1) is 5.10 Å². The quantitative estimate of drug-likeness (QED) is 0.910. The molecule has 0 amide bonds. The largest absolute Gasteiger partial charge is 0.481 e. The molecule has 2 aromatic heterocycles. The average Bonchev–Trinajstić information content (AvgIpc) is 2.93. The third-order valence-electron chi connectivity index (χ3n) is 4.79. The van der Waals surface area contributed by atoms with E-state index in [1.54, 1.807) is 4.68 Å². The second kappa shape index (κ2) is 5.23. The number of aromatic nitrogens is 5. The van der Waals surface area contributed by atoms with E-state index >= 15 is 0 Å². The summed E-state index contributed by atoms with van der Waals surface area (Å²) < 4.78 is 3.90. The Morgan fingerprint density at radius 3 is 2.91 bits per heavy atom. The standard InChI is InChI=1S/C15H19N5O2/c21-15(22)13-7-12(13)14-9-19(18-17-14)8-11-5-6-16-20(11)10-3-1-2-4-10/h5-6,9-10,12-13H,1-4,7-8H2,(H,21,22)/t12-,13+/m0/s1. The summed E-state index contributed by atoms with van der Waals surface area (Å²) in [6.45, 7) is 0.633. The fourth-order valence-electron chi connectivity index (χ4n) is 3.47. The zero-order chi connectivity index (χ0) is 15.1. The topological polar surface area (TPSA) is 85.8 Å². The van der Waals surface area contributed by atoms with Crippen LogP contribution in [0.1, 0.15) is 55.5 Å². The highest BCUT2D eigenvalue weighted by atomic mass is 16.4. The van der Waals surface area contributed by atoms with Gasteiger partial charge in [-0.3, -0.25) is 9.48 Å². The van der Waals surface area contributed by atoms with Crippen molar-refractivity contribution in [2.24, 2.45) is 5.92 Å². The van der Waals surface area contributed by atoms with E-state index in [9.17, 15) is 4.79 Å². The first kappa shape index (κ1) is 13.5. The molecule has 0 aliphatic heterocycles. The first-order valence-electron chi connectivity index (χ1n) is 7.87. The van der Waals surface area contributed by atoms with Gasteiger partial charge in [-0.05, 0) is 25.3 Å². The molecule has 2 saturated carbocycles. The highest BCUT2D eigenvalue weighted by Gasteiger charge is 2.46. The van der Waals surface area contributed by atoms with E-state index < -0.39 is 5.97 Å². The zero-order valence-corrected chi connectivity index (χ0v) is 12.3. The summed E-state index contributed by atoms with van der Waals surface area (Å²) in [4.78, 5) is 10.9. The van der Waals surface area contributed by atoms with Crippen LogP contribution < -0.4 is 0 Å². The maximum absolute atomic E-state index is 10.9. The van der Waals surface area contributed by atoms with E-state index in [1.807, 2.05) is 18.5 Å². The van der Waals surface area contributed by atoms with E-state index in [0.717, 1.165) is 11.4 Å². The van der Waals surface area contributed by atoms with E-state index in [0.29, 0.717) is 19.0 Å². The molecular weight excluding hydrogens is 282 g/mol. The van der Waals surface area contributed by atoms with Gasteiger partial charge in [0.2, 0.25) is 0 Å². The number of aliphatic carboxylic acids is 1. The monoisotopic (exact) mass is 301 g/mol. The smallest absolute Gasteiger partial charge is 0.307 e. The Balaban J connectivity index is 1.47. The number of hydrogen-bond donors (Lipinski definition) is 1. The minimum Gasteiger partial charge on any atom is -0.481 e. The first-order chi connectivity index (χ1) is 10.7. The molecule has 0 unspecified atom stereocenters. The predicted molar refractivity (Wildman–Crippen MR) is 77.3 cm³/mol. The van der Waals surface area contributed by atoms with Gasteiger partial charge in [0, 0.05) is 18.3 Å². The van der Waals surface area contributed by atoms with Crippen LogP contribution in [-0.2, 0) is 11.3 Å². The maximum atomic E-state index is 10.9. The van der Waals surface area contributed by atoms with Crippen molar-refractivity contribution in [3.8, 4) is 0 Å². The van der Waals surface area contributed by atoms with Crippen LogP contribution in [0.3, 0.4) is 0 Å². The molecule has 2 aliphatic rings. The van der Waals surface area contributed by atoms with Crippen LogP contribution in [0.4, 0.5) is 0 Å². The lowest BCUT2D eigenvalue weighted by molar-refractivity contribution is -0.138. The summed E-state index contributed by atoms with van der Waals surface area (Å²) >= 11 is 0. The number of carboxylic acid groups (broad SMARTS) is 1. The third-order valence-corrected chi connectivity index (χ3v) is 4.79. The molecule has 116 valence electrons. The Hall–Kier alpha value is -2.18. The van der Waals surface area contributed by atoms with Crippen LogP contribution in [0.15, 0.2) is 18.5 Å². The third kappa shape index (κ3) is 2.40. The van der Waals surface area contributed by atoms with Crippen molar-refractivity contribution >= 4 is 5.97 Å². The van der Waals surface area contributed by atoms with Gasteiger partial charge in [-0.25, -0.2) is 4.68 Å². The normalized spacial score (nSPS) is 24.7. The SMILES string of the molecule is O=C(O)[C@@H]1C[C@@H]1c1cn(Cc2ccnn2C2CCCC2)nn1. The van der Waals surface area contributed by atoms with Crippen molar-refractivity contribution in [3.05, 3.63) is 29.8 Å². The van der Waals surface area contributed by atoms with Crippen molar-refractivity contribution in [1.29, 1.82) is 0 Å². The summed E-state index contributed by atoms with van der Waals surface area (Å²) in [5, 5.41) is 21.7. The first-order valence-corrected chi connectivity index (χ1v) is 7.87. The van der Waals surface area contributed by atoms with Gasteiger partial charge in [-0.2, -0.15) is 5.10 Å². The van der Waals surface area contributed by atoms with E-state index in [1.165, 1.54) is 25.7 Å². The Morgan fingerprint density at radius 1 is 1.36 bits per heavy atom. The molecule has 7 heteroatoms. The average molecular weight is 301 g/mol. The van der Waals surface area contributed by atoms with Crippen molar-refractivity contribution < 1.29 is 9.90 Å². The van der Waals surface area contributed by atoms with E-state index in [2.05, 4.69) is 20.1 Å². The van der Waals surface area contributed by atoms with Gasteiger partial charge >= 0.3 is 5.97 Å². The number of carbonyl (C=O) groups is 1. The van der Waals surface area contributed by atoms with Crippen LogP contribution in [0.25, 0.3) is 0 Å². The lowest BCUT2D eigenvalue weighted by atomic mass is 10.2. The van der Waals surface area contributed by atoms with Gasteiger partial charge in [0.1, 0.15) is 0 Å². The molecule has 0 aromatic carbocycles. The fraction of sp³-hybridized carbons (Fsp3) is 0.600.